The fraction of sp³-hybridized carbons (Fsp3) is 0.250. The van der Waals surface area contributed by atoms with Crippen molar-refractivity contribution in [3.8, 4) is 33.6 Å². The highest BCUT2D eigenvalue weighted by atomic mass is 28.3. The van der Waals surface area contributed by atoms with E-state index in [2.05, 4.69) is 366 Å². The normalized spacial score (nSPS) is 13.7. The minimum absolute atomic E-state index is 0.0508. The summed E-state index contributed by atoms with van der Waals surface area (Å²) in [5, 5.41) is 7.88. The number of hydrogen-bond acceptors (Lipinski definition) is 2. The maximum atomic E-state index is 2.67. The molecular formula is C88H91BN4Si2. The molecule has 0 spiro atoms. The highest BCUT2D eigenvalue weighted by Gasteiger charge is 2.45. The number of hydrogen-bond donors (Lipinski definition) is 0. The van der Waals surface area contributed by atoms with E-state index in [-0.39, 0.29) is 28.4 Å². The van der Waals surface area contributed by atoms with Crippen molar-refractivity contribution >= 4 is 127 Å². The monoisotopic (exact) mass is 1270 g/mol. The Hall–Kier alpha value is -8.88. The summed E-state index contributed by atoms with van der Waals surface area (Å²) in [5.74, 6) is 0. The molecule has 0 unspecified atom stereocenters. The van der Waals surface area contributed by atoms with Gasteiger partial charge in [0, 0.05) is 78.2 Å². The molecule has 2 aromatic heterocycles. The van der Waals surface area contributed by atoms with Gasteiger partial charge >= 0.3 is 0 Å². The van der Waals surface area contributed by atoms with Crippen molar-refractivity contribution in [2.24, 2.45) is 0 Å². The lowest BCUT2D eigenvalue weighted by molar-refractivity contribution is 0.568. The van der Waals surface area contributed by atoms with Gasteiger partial charge in [-0.15, -0.1) is 0 Å². The smallest absolute Gasteiger partial charge is 0.252 e. The van der Waals surface area contributed by atoms with Gasteiger partial charge in [0.25, 0.3) is 6.71 Å². The van der Waals surface area contributed by atoms with Crippen molar-refractivity contribution in [3.63, 3.8) is 0 Å². The Morgan fingerprint density at radius 3 is 0.989 bits per heavy atom. The summed E-state index contributed by atoms with van der Waals surface area (Å²) in [6.45, 7) is 43.1. The van der Waals surface area contributed by atoms with Crippen LogP contribution in [0.15, 0.2) is 224 Å². The van der Waals surface area contributed by atoms with Crippen LogP contribution in [0.3, 0.4) is 0 Å². The second-order valence-corrected chi connectivity index (χ2v) is 43.6. The van der Waals surface area contributed by atoms with Crippen LogP contribution in [0.5, 0.6) is 0 Å². The molecule has 0 fully saturated rings. The Morgan fingerprint density at radius 1 is 0.295 bits per heavy atom. The van der Waals surface area contributed by atoms with E-state index in [9.17, 15) is 0 Å². The van der Waals surface area contributed by atoms with Crippen LogP contribution in [0.1, 0.15) is 105 Å². The quantitative estimate of drug-likeness (QED) is 0.141. The van der Waals surface area contributed by atoms with Crippen molar-refractivity contribution in [1.82, 2.24) is 9.13 Å². The van der Waals surface area contributed by atoms with E-state index in [0.29, 0.717) is 0 Å². The first-order valence-electron chi connectivity index (χ1n) is 34.5. The summed E-state index contributed by atoms with van der Waals surface area (Å²) in [5.41, 5.74) is 28.6. The Labute approximate surface area is 567 Å². The lowest BCUT2D eigenvalue weighted by Gasteiger charge is -2.45. The van der Waals surface area contributed by atoms with Crippen molar-refractivity contribution in [1.29, 1.82) is 0 Å². The van der Waals surface area contributed by atoms with E-state index in [1.54, 1.807) is 0 Å². The second kappa shape index (κ2) is 21.8. The van der Waals surface area contributed by atoms with E-state index in [4.69, 9.17) is 0 Å². The van der Waals surface area contributed by atoms with E-state index in [1.165, 1.54) is 149 Å². The van der Waals surface area contributed by atoms with Crippen molar-refractivity contribution < 1.29 is 0 Å². The van der Waals surface area contributed by atoms with Crippen LogP contribution in [0.2, 0.25) is 39.3 Å². The molecule has 15 rings (SSSR count). The molecule has 0 bridgehead atoms. The summed E-state index contributed by atoms with van der Waals surface area (Å²) in [7, 11) is -3.92. The van der Waals surface area contributed by atoms with Crippen molar-refractivity contribution in [2.45, 2.75) is 144 Å². The van der Waals surface area contributed by atoms with Gasteiger partial charge in [-0.2, -0.15) is 0 Å². The number of nitrogens with zero attached hydrogens (tertiary/aromatic N) is 4. The zero-order valence-electron chi connectivity index (χ0n) is 59.2. The van der Waals surface area contributed by atoms with Gasteiger partial charge in [-0.3, -0.25) is 0 Å². The van der Waals surface area contributed by atoms with Crippen LogP contribution >= 0.6 is 0 Å². The zero-order valence-corrected chi connectivity index (χ0v) is 61.2. The first-order valence-corrected chi connectivity index (χ1v) is 41.5. The molecule has 0 amide bonds. The topological polar surface area (TPSA) is 16.3 Å². The first-order chi connectivity index (χ1) is 44.9. The molecular weight excluding hydrogens is 1180 g/mol. The Bertz CT molecular complexity index is 4900. The fourth-order valence-electron chi connectivity index (χ4n) is 15.7. The van der Waals surface area contributed by atoms with Gasteiger partial charge in [-0.1, -0.05) is 274 Å². The van der Waals surface area contributed by atoms with Crippen LogP contribution in [0, 0.1) is 0 Å². The molecule has 0 N–H and O–H groups in total. The maximum Gasteiger partial charge on any atom is 0.252 e. The number of para-hydroxylation sites is 6. The predicted molar refractivity (Wildman–Crippen MR) is 421 cm³/mol. The summed E-state index contributed by atoms with van der Waals surface area (Å²) < 4.78 is 5.22. The van der Waals surface area contributed by atoms with Gasteiger partial charge in [0.2, 0.25) is 0 Å². The number of rotatable bonds is 8. The molecule has 0 saturated heterocycles. The first kappa shape index (κ1) is 62.2. The largest absolute Gasteiger partial charge is 0.312 e. The van der Waals surface area contributed by atoms with Crippen LogP contribution in [-0.2, 0) is 21.7 Å². The minimum Gasteiger partial charge on any atom is -0.312 e. The average molecular weight is 1270 g/mol. The van der Waals surface area contributed by atoms with Crippen LogP contribution in [-0.4, -0.2) is 32.0 Å². The molecule has 0 atom stereocenters. The van der Waals surface area contributed by atoms with Gasteiger partial charge in [0.05, 0.1) is 38.2 Å². The molecule has 474 valence electrons. The third-order valence-corrected chi connectivity index (χ3v) is 24.8. The second-order valence-electron chi connectivity index (χ2n) is 33.5. The van der Waals surface area contributed by atoms with Crippen molar-refractivity contribution in [3.05, 3.63) is 247 Å². The van der Waals surface area contributed by atoms with Crippen molar-refractivity contribution in [2.75, 3.05) is 9.80 Å². The molecule has 4 heterocycles. The van der Waals surface area contributed by atoms with Gasteiger partial charge in [0.1, 0.15) is 0 Å². The van der Waals surface area contributed by atoms with E-state index >= 15 is 0 Å². The Balaban J connectivity index is 1.06. The maximum absolute atomic E-state index is 2.67. The van der Waals surface area contributed by atoms with E-state index in [1.807, 2.05) is 0 Å². The zero-order chi connectivity index (χ0) is 66.8. The van der Waals surface area contributed by atoms with E-state index in [0.717, 1.165) is 11.4 Å². The summed E-state index contributed by atoms with van der Waals surface area (Å²) in [6.07, 6.45) is 0. The lowest BCUT2D eigenvalue weighted by Crippen LogP contribution is -2.62. The third-order valence-electron chi connectivity index (χ3n) is 20.7. The van der Waals surface area contributed by atoms with E-state index < -0.39 is 16.1 Å². The van der Waals surface area contributed by atoms with Gasteiger partial charge in [0.15, 0.2) is 0 Å². The Kier molecular flexibility index (Phi) is 14.3. The molecule has 7 heteroatoms. The fourth-order valence-corrected chi connectivity index (χ4v) is 18.8. The summed E-state index contributed by atoms with van der Waals surface area (Å²) >= 11 is 0. The number of benzene rings is 11. The molecule has 0 saturated carbocycles. The molecule has 0 radical (unpaired) electrons. The molecule has 13 aromatic rings. The SMILES string of the molecule is CC(C)(C)c1cc(-c2cccc3c4ccccc4n(-c4ccc5c(c4)B4c6cc(-n7c8ccccc8c8cccc(-c9cc(C(C)(C)C)cc(C(C)(C)C)c9)c87)ccc6N(c6ccccc6[Si](C)(C)C)c6cccc(c64)N5c4ccccc4[Si](C)(C)C)c23)cc(C(C)(C)C)c1. The molecule has 2 aliphatic rings. The third kappa shape index (κ3) is 10.3. The molecule has 95 heavy (non-hydrogen) atoms. The predicted octanol–water partition coefficient (Wildman–Crippen LogP) is 21.6. The van der Waals surface area contributed by atoms with Crippen LogP contribution in [0.4, 0.5) is 34.1 Å². The van der Waals surface area contributed by atoms with Crippen LogP contribution < -0.4 is 36.6 Å². The summed E-state index contributed by atoms with van der Waals surface area (Å²) in [4.78, 5) is 5.33. The van der Waals surface area contributed by atoms with Gasteiger partial charge < -0.3 is 18.9 Å². The van der Waals surface area contributed by atoms with Crippen LogP contribution in [0.25, 0.3) is 77.2 Å². The molecule has 2 aliphatic heterocycles. The minimum atomic E-state index is -1.96. The number of anilines is 6. The van der Waals surface area contributed by atoms with Gasteiger partial charge in [-0.05, 0) is 155 Å². The highest BCUT2D eigenvalue weighted by molar-refractivity contribution is 7.00. The number of fused-ring (bicyclic) bond motifs is 10. The lowest BCUT2D eigenvalue weighted by atomic mass is 9.33. The molecule has 4 nitrogen and oxygen atoms in total. The Morgan fingerprint density at radius 2 is 0.621 bits per heavy atom. The molecule has 0 aliphatic carbocycles. The van der Waals surface area contributed by atoms with Gasteiger partial charge in [-0.25, -0.2) is 0 Å². The number of aromatic nitrogens is 2. The standard InChI is InChI=1S/C88H91BN4Si2/c1-85(2,3)58-48-56(49-59(52-58)86(4,5)6)64-32-27-34-68-66-30-19-21-36-72(66)90(83(64)68)62-44-46-74-70(54-62)89-71-55-63(91-73-37-22-20-31-67(73)69-35-28-33-65(84(69)91)57-50-60(87(7,8)9)53-61(51-57)88(10,11)12)45-47-75(71)93(77-39-24-26-43-81(77)95(16,17)18)79-41-29-40-78(82(79)89)92(74)76-38-23-25-42-80(76)94(13,14)15/h19-55H,1-18H3. The average Bonchev–Trinajstić information content (AvgIpc) is 1.57. The highest BCUT2D eigenvalue weighted by Crippen LogP contribution is 2.48. The summed E-state index contributed by atoms with van der Waals surface area (Å²) in [6, 6.07) is 87.9. The molecule has 11 aromatic carbocycles.